The Morgan fingerprint density at radius 3 is 3.14 bits per heavy atom. The maximum Gasteiger partial charge on any atom is 0.236 e. The van der Waals surface area contributed by atoms with Crippen molar-refractivity contribution in [2.75, 3.05) is 17.3 Å². The molecular weight excluding hydrogens is 220 g/mol. The maximum atomic E-state index is 10.8. The first-order chi connectivity index (χ1) is 6.66. The number of amides is 1. The second-order valence-corrected chi connectivity index (χ2v) is 4.47. The Balaban J connectivity index is 2.28. The molecule has 0 bridgehead atoms. The fraction of sp³-hybridized carbons (Fsp3) is 0.222. The van der Waals surface area contributed by atoms with E-state index >= 15 is 0 Å². The second kappa shape index (κ2) is 3.71. The van der Waals surface area contributed by atoms with Crippen molar-refractivity contribution in [1.29, 1.82) is 0 Å². The number of carbonyl (C=O) groups excluding carboxylic acids is 1. The van der Waals surface area contributed by atoms with Crippen LogP contribution in [0.3, 0.4) is 0 Å². The fourth-order valence-corrected chi connectivity index (χ4v) is 2.59. The van der Waals surface area contributed by atoms with Gasteiger partial charge in [0.15, 0.2) is 0 Å². The molecule has 3 nitrogen and oxygen atoms in total. The quantitative estimate of drug-likeness (QED) is 0.838. The van der Waals surface area contributed by atoms with Gasteiger partial charge in [-0.15, -0.1) is 11.8 Å². The van der Waals surface area contributed by atoms with Gasteiger partial charge < -0.3 is 10.6 Å². The average Bonchev–Trinajstić information content (AvgIpc) is 2.47. The summed E-state index contributed by atoms with van der Waals surface area (Å²) >= 11 is 7.56. The maximum absolute atomic E-state index is 10.8. The van der Waals surface area contributed by atoms with Crippen LogP contribution in [0.5, 0.6) is 0 Å². The normalized spacial score (nSPS) is 14.2. The number of benzene rings is 1. The van der Waals surface area contributed by atoms with E-state index in [4.69, 9.17) is 17.3 Å². The third-order valence-corrected chi connectivity index (χ3v) is 3.32. The first-order valence-corrected chi connectivity index (χ1v) is 5.49. The molecule has 0 unspecified atom stereocenters. The summed E-state index contributed by atoms with van der Waals surface area (Å²) in [4.78, 5) is 13.9. The van der Waals surface area contributed by atoms with Crippen LogP contribution in [-0.4, -0.2) is 18.3 Å². The minimum Gasteiger partial charge on any atom is -0.368 e. The van der Waals surface area contributed by atoms with Crippen LogP contribution in [0, 0.1) is 0 Å². The van der Waals surface area contributed by atoms with Crippen molar-refractivity contribution in [2.24, 2.45) is 5.73 Å². The molecule has 1 aromatic rings. The monoisotopic (exact) mass is 228 g/mol. The number of fused-ring (bicyclic) bond motifs is 1. The first-order valence-electron chi connectivity index (χ1n) is 4.12. The number of halogens is 1. The SMILES string of the molecule is NC(=O)CN1CSc2ccc(Cl)cc21. The van der Waals surface area contributed by atoms with Gasteiger partial charge in [0.25, 0.3) is 0 Å². The van der Waals surface area contributed by atoms with Crippen LogP contribution in [0.4, 0.5) is 5.69 Å². The van der Waals surface area contributed by atoms with Gasteiger partial charge >= 0.3 is 0 Å². The summed E-state index contributed by atoms with van der Waals surface area (Å²) in [7, 11) is 0. The molecule has 0 aromatic heterocycles. The van der Waals surface area contributed by atoms with Gasteiger partial charge in [-0.3, -0.25) is 4.79 Å². The molecule has 0 saturated heterocycles. The Morgan fingerprint density at radius 1 is 1.64 bits per heavy atom. The van der Waals surface area contributed by atoms with E-state index in [2.05, 4.69) is 0 Å². The molecule has 0 fully saturated rings. The van der Waals surface area contributed by atoms with Gasteiger partial charge in [0.1, 0.15) is 0 Å². The van der Waals surface area contributed by atoms with Crippen molar-refractivity contribution in [1.82, 2.24) is 0 Å². The van der Waals surface area contributed by atoms with E-state index in [1.54, 1.807) is 11.8 Å². The minimum atomic E-state index is -0.321. The number of hydrogen-bond acceptors (Lipinski definition) is 3. The van der Waals surface area contributed by atoms with E-state index in [1.807, 2.05) is 23.1 Å². The standard InChI is InChI=1S/C9H9ClN2OS/c10-6-1-2-8-7(3-6)12(5-14-8)4-9(11)13/h1-3H,4-5H2,(H2,11,13). The van der Waals surface area contributed by atoms with Crippen molar-refractivity contribution >= 4 is 35.0 Å². The molecule has 1 heterocycles. The van der Waals surface area contributed by atoms with Gasteiger partial charge in [-0.05, 0) is 18.2 Å². The van der Waals surface area contributed by atoms with E-state index < -0.39 is 0 Å². The number of nitrogens with zero attached hydrogens (tertiary/aromatic N) is 1. The van der Waals surface area contributed by atoms with Crippen LogP contribution in [0.1, 0.15) is 0 Å². The van der Waals surface area contributed by atoms with Crippen molar-refractivity contribution in [3.05, 3.63) is 23.2 Å². The zero-order valence-corrected chi connectivity index (χ0v) is 8.94. The molecule has 2 N–H and O–H groups in total. The van der Waals surface area contributed by atoms with E-state index in [0.29, 0.717) is 5.02 Å². The Morgan fingerprint density at radius 2 is 2.43 bits per heavy atom. The molecular formula is C9H9ClN2OS. The molecule has 0 aliphatic carbocycles. The Kier molecular flexibility index (Phi) is 2.56. The largest absolute Gasteiger partial charge is 0.368 e. The van der Waals surface area contributed by atoms with E-state index in [1.165, 1.54) is 0 Å². The number of anilines is 1. The highest BCUT2D eigenvalue weighted by Crippen LogP contribution is 2.39. The van der Waals surface area contributed by atoms with Crippen LogP contribution in [0.2, 0.25) is 5.02 Å². The number of primary amides is 1. The lowest BCUT2D eigenvalue weighted by atomic mass is 10.3. The summed E-state index contributed by atoms with van der Waals surface area (Å²) in [5.74, 6) is 0.442. The van der Waals surface area contributed by atoms with E-state index in [-0.39, 0.29) is 12.5 Å². The molecule has 0 radical (unpaired) electrons. The van der Waals surface area contributed by atoms with Crippen molar-refractivity contribution in [3.8, 4) is 0 Å². The highest BCUT2D eigenvalue weighted by atomic mass is 35.5. The smallest absolute Gasteiger partial charge is 0.236 e. The number of thioether (sulfide) groups is 1. The molecule has 0 atom stereocenters. The molecule has 2 rings (SSSR count). The Hall–Kier alpha value is -0.870. The van der Waals surface area contributed by atoms with Crippen molar-refractivity contribution < 1.29 is 4.79 Å². The van der Waals surface area contributed by atoms with Gasteiger partial charge in [-0.2, -0.15) is 0 Å². The summed E-state index contributed by atoms with van der Waals surface area (Å²) < 4.78 is 0. The molecule has 1 aromatic carbocycles. The van der Waals surface area contributed by atoms with E-state index in [9.17, 15) is 4.79 Å². The zero-order valence-electron chi connectivity index (χ0n) is 7.37. The van der Waals surface area contributed by atoms with Crippen LogP contribution >= 0.6 is 23.4 Å². The number of carbonyl (C=O) groups is 1. The average molecular weight is 229 g/mol. The molecule has 14 heavy (non-hydrogen) atoms. The molecule has 1 aliphatic rings. The molecule has 1 amide bonds. The predicted octanol–water partition coefficient (Wildman–Crippen LogP) is 1.69. The summed E-state index contributed by atoms with van der Waals surface area (Å²) in [6.45, 7) is 0.250. The highest BCUT2D eigenvalue weighted by Gasteiger charge is 2.20. The third-order valence-electron chi connectivity index (χ3n) is 1.98. The number of hydrogen-bond donors (Lipinski definition) is 1. The van der Waals surface area contributed by atoms with Crippen molar-refractivity contribution in [2.45, 2.75) is 4.90 Å². The second-order valence-electron chi connectivity index (χ2n) is 3.05. The van der Waals surface area contributed by atoms with Gasteiger partial charge in [-0.25, -0.2) is 0 Å². The molecule has 0 saturated carbocycles. The van der Waals surface area contributed by atoms with Gasteiger partial charge in [0.2, 0.25) is 5.91 Å². The van der Waals surface area contributed by atoms with Gasteiger partial charge in [0.05, 0.1) is 18.1 Å². The zero-order chi connectivity index (χ0) is 10.1. The highest BCUT2D eigenvalue weighted by molar-refractivity contribution is 7.99. The molecule has 1 aliphatic heterocycles. The summed E-state index contributed by atoms with van der Waals surface area (Å²) in [6.07, 6.45) is 0. The lowest BCUT2D eigenvalue weighted by molar-refractivity contribution is -0.116. The molecule has 74 valence electrons. The third kappa shape index (κ3) is 1.81. The van der Waals surface area contributed by atoms with Crippen LogP contribution in [-0.2, 0) is 4.79 Å². The lowest BCUT2D eigenvalue weighted by Gasteiger charge is -2.15. The van der Waals surface area contributed by atoms with Gasteiger partial charge in [-0.1, -0.05) is 11.6 Å². The summed E-state index contributed by atoms with van der Waals surface area (Å²) in [5, 5.41) is 0.681. The van der Waals surface area contributed by atoms with Crippen LogP contribution in [0.25, 0.3) is 0 Å². The number of nitrogens with two attached hydrogens (primary N) is 1. The Bertz CT molecular complexity index is 383. The fourth-order valence-electron chi connectivity index (χ4n) is 1.40. The van der Waals surface area contributed by atoms with Crippen LogP contribution in [0.15, 0.2) is 23.1 Å². The van der Waals surface area contributed by atoms with Crippen molar-refractivity contribution in [3.63, 3.8) is 0 Å². The lowest BCUT2D eigenvalue weighted by Crippen LogP contribution is -2.31. The molecule has 5 heteroatoms. The van der Waals surface area contributed by atoms with Crippen LogP contribution < -0.4 is 10.6 Å². The van der Waals surface area contributed by atoms with E-state index in [0.717, 1.165) is 16.5 Å². The predicted molar refractivity (Wildman–Crippen MR) is 58.7 cm³/mol. The van der Waals surface area contributed by atoms with Gasteiger partial charge in [0, 0.05) is 9.92 Å². The number of rotatable bonds is 2. The minimum absolute atomic E-state index is 0.250. The topological polar surface area (TPSA) is 46.3 Å². The summed E-state index contributed by atoms with van der Waals surface area (Å²) in [5.41, 5.74) is 6.15. The summed E-state index contributed by atoms with van der Waals surface area (Å²) in [6, 6.07) is 5.67. The molecule has 0 spiro atoms. The first kappa shape index (κ1) is 9.68. The Labute approximate surface area is 91.2 Å².